The Morgan fingerprint density at radius 1 is 1.17 bits per heavy atom. The average Bonchev–Trinajstić information content (AvgIpc) is 2.29. The molecule has 0 amide bonds. The van der Waals surface area contributed by atoms with Crippen LogP contribution in [-0.4, -0.2) is 29.0 Å². The number of rotatable bonds is 6. The topological polar surface area (TPSA) is 0 Å². The van der Waals surface area contributed by atoms with E-state index in [1.807, 2.05) is 3.24 Å². The van der Waals surface area contributed by atoms with Crippen LogP contribution in [0.5, 0.6) is 0 Å². The van der Waals surface area contributed by atoms with E-state index in [4.69, 9.17) is 0 Å². The fraction of sp³-hybridized carbons (Fsp3) is 0.500. The number of hydrogen-bond donors (Lipinski definition) is 0. The van der Waals surface area contributed by atoms with Crippen molar-refractivity contribution in [3.05, 3.63) is 39.1 Å². The van der Waals surface area contributed by atoms with Crippen molar-refractivity contribution >= 4 is 32.6 Å². The third-order valence-corrected chi connectivity index (χ3v) is 13.0. The molecule has 1 aromatic carbocycles. The number of allylic oxidation sites excluding steroid dienone is 1. The molecule has 0 nitrogen and oxygen atoms in total. The van der Waals surface area contributed by atoms with Gasteiger partial charge in [-0.15, -0.1) is 0 Å². The summed E-state index contributed by atoms with van der Waals surface area (Å²) in [5, 5.41) is 0. The van der Waals surface area contributed by atoms with E-state index in [1.54, 1.807) is 3.61 Å². The summed E-state index contributed by atoms with van der Waals surface area (Å²) in [6.45, 7) is 11.9. The standard InChI is InChI=1S/C16H26SiTe/c1-6-7-8-9-16(17(3,4)5)18-15-12-10-14(2)11-13-15/h9-13H,6-8H2,1-5H3/b16-9+. The maximum atomic E-state index is 2.58. The van der Waals surface area contributed by atoms with Crippen molar-refractivity contribution in [1.29, 1.82) is 0 Å². The number of unbranched alkanes of at least 4 members (excludes halogenated alkanes) is 2. The molecule has 0 atom stereocenters. The third-order valence-electron chi connectivity index (χ3n) is 2.88. The van der Waals surface area contributed by atoms with E-state index in [0.29, 0.717) is 0 Å². The maximum absolute atomic E-state index is 2.58. The van der Waals surface area contributed by atoms with Gasteiger partial charge in [0.1, 0.15) is 0 Å². The van der Waals surface area contributed by atoms with Crippen LogP contribution >= 0.6 is 0 Å². The molecule has 1 rings (SSSR count). The van der Waals surface area contributed by atoms with Gasteiger partial charge in [0.05, 0.1) is 0 Å². The molecular weight excluding hydrogens is 348 g/mol. The van der Waals surface area contributed by atoms with Crippen LogP contribution in [0.3, 0.4) is 0 Å². The van der Waals surface area contributed by atoms with Crippen molar-refractivity contribution < 1.29 is 0 Å². The Bertz CT molecular complexity index is 385. The van der Waals surface area contributed by atoms with Gasteiger partial charge in [0.2, 0.25) is 0 Å². The molecule has 0 N–H and O–H groups in total. The van der Waals surface area contributed by atoms with Crippen LogP contribution < -0.4 is 3.61 Å². The quantitative estimate of drug-likeness (QED) is 0.515. The molecule has 0 aliphatic rings. The molecule has 0 unspecified atom stereocenters. The molecule has 0 radical (unpaired) electrons. The van der Waals surface area contributed by atoms with Gasteiger partial charge in [-0.05, 0) is 0 Å². The van der Waals surface area contributed by atoms with E-state index in [1.165, 1.54) is 24.8 Å². The van der Waals surface area contributed by atoms with Crippen LogP contribution in [0.1, 0.15) is 31.7 Å². The van der Waals surface area contributed by atoms with Crippen molar-refractivity contribution in [1.82, 2.24) is 0 Å². The second-order valence-electron chi connectivity index (χ2n) is 5.88. The van der Waals surface area contributed by atoms with E-state index in [-0.39, 0.29) is 20.9 Å². The first-order valence-electron chi connectivity index (χ1n) is 6.88. The van der Waals surface area contributed by atoms with Gasteiger partial charge < -0.3 is 0 Å². The Balaban J connectivity index is 2.78. The molecule has 0 aliphatic carbocycles. The van der Waals surface area contributed by atoms with Gasteiger partial charge in [-0.2, -0.15) is 0 Å². The van der Waals surface area contributed by atoms with Gasteiger partial charge >= 0.3 is 125 Å². The second-order valence-corrected chi connectivity index (χ2v) is 15.2. The molecule has 1 aromatic rings. The average molecular weight is 374 g/mol. The molecule has 0 heterocycles. The van der Waals surface area contributed by atoms with Gasteiger partial charge in [0, 0.05) is 0 Å². The van der Waals surface area contributed by atoms with Crippen LogP contribution in [-0.2, 0) is 0 Å². The van der Waals surface area contributed by atoms with Crippen molar-refractivity contribution in [3.8, 4) is 0 Å². The normalized spacial score (nSPS) is 12.8. The molecule has 100 valence electrons. The van der Waals surface area contributed by atoms with Crippen LogP contribution in [0.15, 0.2) is 33.6 Å². The third kappa shape index (κ3) is 5.74. The first-order valence-corrected chi connectivity index (χ1v) is 12.7. The molecule has 0 bridgehead atoms. The Morgan fingerprint density at radius 2 is 1.78 bits per heavy atom. The zero-order chi connectivity index (χ0) is 13.6. The van der Waals surface area contributed by atoms with E-state index in [9.17, 15) is 0 Å². The molecule has 18 heavy (non-hydrogen) atoms. The summed E-state index contributed by atoms with van der Waals surface area (Å²) in [7, 11) is -1.11. The van der Waals surface area contributed by atoms with Crippen molar-refractivity contribution in [2.45, 2.75) is 52.8 Å². The van der Waals surface area contributed by atoms with Gasteiger partial charge in [-0.25, -0.2) is 0 Å². The summed E-state index contributed by atoms with van der Waals surface area (Å²) in [6.07, 6.45) is 6.51. The Morgan fingerprint density at radius 3 is 2.28 bits per heavy atom. The summed E-state index contributed by atoms with van der Waals surface area (Å²) in [4.78, 5) is 0. The predicted octanol–water partition coefficient (Wildman–Crippen LogP) is 4.28. The molecule has 0 spiro atoms. The molecule has 0 saturated carbocycles. The first-order chi connectivity index (χ1) is 8.43. The minimum absolute atomic E-state index is 0.135. The van der Waals surface area contributed by atoms with E-state index in [0.717, 1.165) is 0 Å². The SMILES string of the molecule is CCCC/C=C(/[Te]c1ccc(C)cc1)[Si](C)(C)C. The molecule has 0 saturated heterocycles. The van der Waals surface area contributed by atoms with Crippen LogP contribution in [0.4, 0.5) is 0 Å². The Hall–Kier alpha value is -0.0335. The van der Waals surface area contributed by atoms with E-state index in [2.05, 4.69) is 63.8 Å². The number of benzene rings is 1. The van der Waals surface area contributed by atoms with Gasteiger partial charge in [-0.3, -0.25) is 0 Å². The fourth-order valence-corrected chi connectivity index (χ4v) is 8.22. The molecular formula is C16H26SiTe. The fourth-order valence-electron chi connectivity index (χ4n) is 1.67. The van der Waals surface area contributed by atoms with Crippen LogP contribution in [0, 0.1) is 6.92 Å². The van der Waals surface area contributed by atoms with Gasteiger partial charge in [-0.1, -0.05) is 0 Å². The Labute approximate surface area is 124 Å². The predicted molar refractivity (Wildman–Crippen MR) is 87.5 cm³/mol. The molecule has 0 aliphatic heterocycles. The molecule has 0 fully saturated rings. The summed E-state index contributed by atoms with van der Waals surface area (Å²) in [6, 6.07) is 9.19. The van der Waals surface area contributed by atoms with E-state index >= 15 is 0 Å². The summed E-state index contributed by atoms with van der Waals surface area (Å²) >= 11 is -0.135. The monoisotopic (exact) mass is 376 g/mol. The summed E-state index contributed by atoms with van der Waals surface area (Å²) in [5.74, 6) is 0. The zero-order valence-corrected chi connectivity index (χ0v) is 15.7. The van der Waals surface area contributed by atoms with Crippen molar-refractivity contribution in [3.63, 3.8) is 0 Å². The van der Waals surface area contributed by atoms with Crippen molar-refractivity contribution in [2.24, 2.45) is 0 Å². The zero-order valence-electron chi connectivity index (χ0n) is 12.4. The van der Waals surface area contributed by atoms with Crippen molar-refractivity contribution in [2.75, 3.05) is 0 Å². The van der Waals surface area contributed by atoms with Gasteiger partial charge in [0.15, 0.2) is 0 Å². The van der Waals surface area contributed by atoms with Crippen LogP contribution in [0.25, 0.3) is 0 Å². The molecule has 2 heteroatoms. The molecule has 0 aromatic heterocycles. The first kappa shape index (κ1) is 16.0. The van der Waals surface area contributed by atoms with Gasteiger partial charge in [0.25, 0.3) is 0 Å². The Kier molecular flexibility index (Phi) is 6.70. The minimum atomic E-state index is -1.11. The summed E-state index contributed by atoms with van der Waals surface area (Å²) < 4.78 is 3.43. The van der Waals surface area contributed by atoms with Crippen LogP contribution in [0.2, 0.25) is 19.6 Å². The number of aryl methyl sites for hydroxylation is 1. The summed E-state index contributed by atoms with van der Waals surface area (Å²) in [5.41, 5.74) is 1.37. The van der Waals surface area contributed by atoms with E-state index < -0.39 is 8.07 Å². The number of hydrogen-bond acceptors (Lipinski definition) is 0. The second kappa shape index (κ2) is 7.53.